The fourth-order valence-electron chi connectivity index (χ4n) is 2.18. The number of halogens is 1. The van der Waals surface area contributed by atoms with Crippen LogP contribution in [0.4, 0.5) is 9.52 Å². The number of hydrogen-bond acceptors (Lipinski definition) is 5. The van der Waals surface area contributed by atoms with E-state index >= 15 is 0 Å². The molecule has 1 amide bonds. The van der Waals surface area contributed by atoms with Gasteiger partial charge in [-0.25, -0.2) is 14.8 Å². The number of aromatic nitrogens is 1. The Balaban J connectivity index is 1.62. The second-order valence-electron chi connectivity index (χ2n) is 5.53. The van der Waals surface area contributed by atoms with E-state index in [1.54, 1.807) is 26.0 Å². The number of benzene rings is 2. The highest BCUT2D eigenvalue weighted by molar-refractivity contribution is 7.22. The first-order valence-electron chi connectivity index (χ1n) is 7.75. The molecule has 1 atom stereocenters. The molecule has 0 saturated carbocycles. The quantitative estimate of drug-likeness (QED) is 0.540. The number of anilines is 1. The van der Waals surface area contributed by atoms with Gasteiger partial charge in [-0.05, 0) is 43.7 Å². The first kappa shape index (κ1) is 17.0. The molecule has 0 radical (unpaired) electrons. The molecule has 0 aliphatic heterocycles. The van der Waals surface area contributed by atoms with Crippen LogP contribution in [-0.2, 0) is 4.79 Å². The van der Waals surface area contributed by atoms with Crippen LogP contribution < -0.4 is 10.7 Å². The van der Waals surface area contributed by atoms with Gasteiger partial charge in [0.2, 0.25) is 0 Å². The molecule has 2 aromatic carbocycles. The van der Waals surface area contributed by atoms with E-state index in [1.165, 1.54) is 23.5 Å². The van der Waals surface area contributed by atoms with E-state index in [4.69, 9.17) is 0 Å². The molecule has 5 nitrogen and oxygen atoms in total. The summed E-state index contributed by atoms with van der Waals surface area (Å²) in [4.78, 5) is 16.6. The van der Waals surface area contributed by atoms with Crippen LogP contribution in [0.2, 0.25) is 0 Å². The van der Waals surface area contributed by atoms with Crippen LogP contribution >= 0.6 is 11.3 Å². The van der Waals surface area contributed by atoms with E-state index < -0.39 is 6.04 Å². The number of hydrazone groups is 1. The van der Waals surface area contributed by atoms with Crippen molar-refractivity contribution in [1.82, 2.24) is 10.4 Å². The zero-order chi connectivity index (χ0) is 17.8. The number of fused-ring (bicyclic) bond motifs is 1. The Hall–Kier alpha value is -2.80. The summed E-state index contributed by atoms with van der Waals surface area (Å²) in [5.74, 6) is -0.588. The van der Waals surface area contributed by atoms with Gasteiger partial charge in [0, 0.05) is 0 Å². The summed E-state index contributed by atoms with van der Waals surface area (Å²) in [6.45, 7) is 3.49. The lowest BCUT2D eigenvalue weighted by Crippen LogP contribution is -2.35. The third-order valence-electron chi connectivity index (χ3n) is 3.62. The number of nitrogens with zero attached hydrogens (tertiary/aromatic N) is 2. The third kappa shape index (κ3) is 4.19. The minimum Gasteiger partial charge on any atom is -0.350 e. The van der Waals surface area contributed by atoms with E-state index in [9.17, 15) is 9.18 Å². The lowest BCUT2D eigenvalue weighted by molar-refractivity contribution is -0.121. The maximum Gasteiger partial charge on any atom is 0.262 e. The Labute approximate surface area is 148 Å². The van der Waals surface area contributed by atoms with Crippen molar-refractivity contribution in [3.63, 3.8) is 0 Å². The Kier molecular flexibility index (Phi) is 5.04. The SMILES string of the molecule is C/C(=N/NC(=O)[C@H](C)Nc1nc2ccccc2s1)c1ccc(F)cc1. The zero-order valence-electron chi connectivity index (χ0n) is 13.8. The normalized spacial score (nSPS) is 12.8. The molecular weight excluding hydrogens is 339 g/mol. The molecule has 25 heavy (non-hydrogen) atoms. The van der Waals surface area contributed by atoms with Crippen molar-refractivity contribution in [1.29, 1.82) is 0 Å². The Bertz CT molecular complexity index is 887. The summed E-state index contributed by atoms with van der Waals surface area (Å²) < 4.78 is 14.0. The number of carbonyl (C=O) groups is 1. The summed E-state index contributed by atoms with van der Waals surface area (Å²) in [5.41, 5.74) is 4.76. The number of hydrogen-bond donors (Lipinski definition) is 2. The van der Waals surface area contributed by atoms with Crippen LogP contribution in [0.3, 0.4) is 0 Å². The van der Waals surface area contributed by atoms with E-state index in [0.717, 1.165) is 15.8 Å². The van der Waals surface area contributed by atoms with E-state index in [-0.39, 0.29) is 11.7 Å². The number of nitrogens with one attached hydrogen (secondary N) is 2. The van der Waals surface area contributed by atoms with Gasteiger partial charge in [-0.15, -0.1) is 0 Å². The van der Waals surface area contributed by atoms with Gasteiger partial charge >= 0.3 is 0 Å². The molecule has 0 saturated heterocycles. The van der Waals surface area contributed by atoms with E-state index in [1.807, 2.05) is 24.3 Å². The first-order chi connectivity index (χ1) is 12.0. The lowest BCUT2D eigenvalue weighted by Gasteiger charge is -2.11. The Morgan fingerprint density at radius 3 is 2.64 bits per heavy atom. The standard InChI is InChI=1S/C18H17FN4OS/c1-11(13-7-9-14(19)10-8-13)22-23-17(24)12(2)20-18-21-15-5-3-4-6-16(15)25-18/h3-10,12H,1-2H3,(H,20,21)(H,23,24)/b22-11-/t12-/m0/s1. The monoisotopic (exact) mass is 356 g/mol. The van der Waals surface area contributed by atoms with Crippen LogP contribution in [0.15, 0.2) is 53.6 Å². The summed E-state index contributed by atoms with van der Waals surface area (Å²) in [6, 6.07) is 13.2. The highest BCUT2D eigenvalue weighted by Crippen LogP contribution is 2.25. The smallest absolute Gasteiger partial charge is 0.262 e. The van der Waals surface area contributed by atoms with Gasteiger partial charge in [-0.2, -0.15) is 5.10 Å². The third-order valence-corrected chi connectivity index (χ3v) is 4.59. The Morgan fingerprint density at radius 1 is 1.20 bits per heavy atom. The molecule has 2 N–H and O–H groups in total. The second kappa shape index (κ2) is 7.40. The molecule has 128 valence electrons. The van der Waals surface area contributed by atoms with Gasteiger partial charge in [-0.3, -0.25) is 4.79 Å². The molecule has 0 spiro atoms. The average molecular weight is 356 g/mol. The summed E-state index contributed by atoms with van der Waals surface area (Å²) in [6.07, 6.45) is 0. The summed E-state index contributed by atoms with van der Waals surface area (Å²) >= 11 is 1.49. The van der Waals surface area contributed by atoms with E-state index in [0.29, 0.717) is 10.8 Å². The number of rotatable bonds is 5. The molecule has 7 heteroatoms. The van der Waals surface area contributed by atoms with Crippen molar-refractivity contribution in [2.24, 2.45) is 5.10 Å². The molecule has 0 fully saturated rings. The highest BCUT2D eigenvalue weighted by Gasteiger charge is 2.14. The number of thiazole rings is 1. The predicted octanol–water partition coefficient (Wildman–Crippen LogP) is 3.78. The van der Waals surface area contributed by atoms with Crippen LogP contribution in [0.5, 0.6) is 0 Å². The van der Waals surface area contributed by atoms with Gasteiger partial charge in [0.25, 0.3) is 5.91 Å². The van der Waals surface area contributed by atoms with Crippen molar-refractivity contribution in [2.45, 2.75) is 19.9 Å². The molecule has 0 aliphatic rings. The van der Waals surface area contributed by atoms with Gasteiger partial charge < -0.3 is 5.32 Å². The van der Waals surface area contributed by atoms with Crippen LogP contribution in [0, 0.1) is 5.82 Å². The number of amides is 1. The minimum absolute atomic E-state index is 0.277. The molecule has 3 rings (SSSR count). The average Bonchev–Trinajstić information content (AvgIpc) is 3.02. The van der Waals surface area contributed by atoms with Gasteiger partial charge in [0.15, 0.2) is 5.13 Å². The van der Waals surface area contributed by atoms with Crippen LogP contribution in [-0.4, -0.2) is 22.6 Å². The number of para-hydroxylation sites is 1. The number of carbonyl (C=O) groups excluding carboxylic acids is 1. The molecule has 0 bridgehead atoms. The Morgan fingerprint density at radius 2 is 1.92 bits per heavy atom. The fourth-order valence-corrected chi connectivity index (χ4v) is 3.13. The maximum absolute atomic E-state index is 12.9. The van der Waals surface area contributed by atoms with Crippen molar-refractivity contribution < 1.29 is 9.18 Å². The summed E-state index contributed by atoms with van der Waals surface area (Å²) in [5, 5.41) is 7.83. The van der Waals surface area contributed by atoms with Crippen molar-refractivity contribution >= 4 is 38.3 Å². The highest BCUT2D eigenvalue weighted by atomic mass is 32.1. The predicted molar refractivity (Wildman–Crippen MR) is 99.5 cm³/mol. The van der Waals surface area contributed by atoms with Gasteiger partial charge in [-0.1, -0.05) is 35.6 Å². The first-order valence-corrected chi connectivity index (χ1v) is 8.57. The molecular formula is C18H17FN4OS. The summed E-state index contributed by atoms with van der Waals surface area (Å²) in [7, 11) is 0. The fraction of sp³-hybridized carbons (Fsp3) is 0.167. The molecule has 1 heterocycles. The van der Waals surface area contributed by atoms with Gasteiger partial charge in [0.1, 0.15) is 11.9 Å². The maximum atomic E-state index is 12.9. The lowest BCUT2D eigenvalue weighted by atomic mass is 10.1. The molecule has 0 unspecified atom stereocenters. The second-order valence-corrected chi connectivity index (χ2v) is 6.56. The van der Waals surface area contributed by atoms with Gasteiger partial charge in [0.05, 0.1) is 15.9 Å². The molecule has 0 aliphatic carbocycles. The van der Waals surface area contributed by atoms with Crippen LogP contribution in [0.1, 0.15) is 19.4 Å². The topological polar surface area (TPSA) is 66.4 Å². The molecule has 3 aromatic rings. The van der Waals surface area contributed by atoms with Crippen LogP contribution in [0.25, 0.3) is 10.2 Å². The van der Waals surface area contributed by atoms with Crippen molar-refractivity contribution in [3.8, 4) is 0 Å². The minimum atomic E-state index is -0.495. The van der Waals surface area contributed by atoms with Crippen molar-refractivity contribution in [3.05, 3.63) is 59.9 Å². The van der Waals surface area contributed by atoms with Crippen molar-refractivity contribution in [2.75, 3.05) is 5.32 Å². The molecule has 1 aromatic heterocycles. The largest absolute Gasteiger partial charge is 0.350 e. The zero-order valence-corrected chi connectivity index (χ0v) is 14.6. The van der Waals surface area contributed by atoms with E-state index in [2.05, 4.69) is 20.8 Å².